The van der Waals surface area contributed by atoms with Gasteiger partial charge in [-0.1, -0.05) is 18.2 Å². The van der Waals surface area contributed by atoms with Gasteiger partial charge in [0.2, 0.25) is 0 Å². The molecular weight excluding hydrogens is 343 g/mol. The van der Waals surface area contributed by atoms with Gasteiger partial charge in [0.15, 0.2) is 0 Å². The Balaban J connectivity index is 1.83. The molecule has 1 heterocycles. The fourth-order valence-corrected chi connectivity index (χ4v) is 2.64. The molecular formula is C20H23BN2O4. The van der Waals surface area contributed by atoms with Gasteiger partial charge in [0.05, 0.1) is 35.3 Å². The van der Waals surface area contributed by atoms with Crippen molar-refractivity contribution in [3.05, 3.63) is 54.1 Å². The van der Waals surface area contributed by atoms with E-state index >= 15 is 0 Å². The highest BCUT2D eigenvalue weighted by Crippen LogP contribution is 2.37. The van der Waals surface area contributed by atoms with Gasteiger partial charge in [0, 0.05) is 5.46 Å². The molecule has 0 saturated carbocycles. The van der Waals surface area contributed by atoms with E-state index in [0.717, 1.165) is 5.46 Å². The number of methoxy groups -OCH3 is 1. The average molecular weight is 366 g/mol. The van der Waals surface area contributed by atoms with Crippen LogP contribution in [-0.2, 0) is 14.0 Å². The number of nitrogens with zero attached hydrogens (tertiary/aromatic N) is 2. The first-order valence-corrected chi connectivity index (χ1v) is 8.78. The van der Waals surface area contributed by atoms with Crippen molar-refractivity contribution in [2.24, 2.45) is 10.2 Å². The summed E-state index contributed by atoms with van der Waals surface area (Å²) in [5, 5.41) is 8.63. The predicted octanol–water partition coefficient (Wildman–Crippen LogP) is 4.19. The minimum atomic E-state index is -0.508. The van der Waals surface area contributed by atoms with Crippen LogP contribution in [0.25, 0.3) is 0 Å². The van der Waals surface area contributed by atoms with Crippen molar-refractivity contribution in [1.29, 1.82) is 0 Å². The van der Waals surface area contributed by atoms with Gasteiger partial charge in [-0.05, 0) is 58.0 Å². The topological polar surface area (TPSA) is 69.5 Å². The van der Waals surface area contributed by atoms with Crippen LogP contribution in [0.3, 0.4) is 0 Å². The Kier molecular flexibility index (Phi) is 5.17. The van der Waals surface area contributed by atoms with E-state index in [1.165, 1.54) is 7.11 Å². The molecule has 0 N–H and O–H groups in total. The van der Waals surface area contributed by atoms with E-state index < -0.39 is 18.3 Å². The molecule has 140 valence electrons. The summed E-state index contributed by atoms with van der Waals surface area (Å²) < 4.78 is 16.9. The molecule has 0 atom stereocenters. The summed E-state index contributed by atoms with van der Waals surface area (Å²) in [6, 6.07) is 14.3. The number of carbonyl (C=O) groups is 1. The second-order valence-corrected chi connectivity index (χ2v) is 7.39. The number of ether oxygens (including phenoxy) is 1. The summed E-state index contributed by atoms with van der Waals surface area (Å²) in [6.45, 7) is 8.06. The van der Waals surface area contributed by atoms with Crippen LogP contribution in [0.1, 0.15) is 38.1 Å². The van der Waals surface area contributed by atoms with Gasteiger partial charge >= 0.3 is 13.1 Å². The molecule has 27 heavy (non-hydrogen) atoms. The molecule has 3 rings (SSSR count). The maximum Gasteiger partial charge on any atom is 0.497 e. The summed E-state index contributed by atoms with van der Waals surface area (Å²) in [6.07, 6.45) is 0. The van der Waals surface area contributed by atoms with Crippen molar-refractivity contribution in [1.82, 2.24) is 0 Å². The summed E-state index contributed by atoms with van der Waals surface area (Å²) in [4.78, 5) is 11.5. The van der Waals surface area contributed by atoms with Gasteiger partial charge in [-0.15, -0.1) is 0 Å². The van der Waals surface area contributed by atoms with Crippen LogP contribution in [0.2, 0.25) is 0 Å². The van der Waals surface area contributed by atoms with Gasteiger partial charge in [-0.2, -0.15) is 10.2 Å². The number of carbonyl (C=O) groups excluding carboxylic acids is 1. The van der Waals surface area contributed by atoms with E-state index in [4.69, 9.17) is 14.0 Å². The molecule has 0 unspecified atom stereocenters. The third kappa shape index (κ3) is 3.94. The summed E-state index contributed by atoms with van der Waals surface area (Å²) in [7, 11) is 0.842. The third-order valence-corrected chi connectivity index (χ3v) is 5.01. The monoisotopic (exact) mass is 366 g/mol. The number of hydrogen-bond acceptors (Lipinski definition) is 6. The first kappa shape index (κ1) is 19.3. The fourth-order valence-electron chi connectivity index (χ4n) is 2.64. The van der Waals surface area contributed by atoms with Crippen molar-refractivity contribution in [2.45, 2.75) is 38.9 Å². The zero-order valence-electron chi connectivity index (χ0n) is 16.2. The van der Waals surface area contributed by atoms with E-state index in [-0.39, 0.29) is 5.97 Å². The lowest BCUT2D eigenvalue weighted by atomic mass is 9.78. The van der Waals surface area contributed by atoms with Crippen LogP contribution in [0.4, 0.5) is 11.4 Å². The lowest BCUT2D eigenvalue weighted by Crippen LogP contribution is -2.41. The molecule has 2 aromatic rings. The minimum absolute atomic E-state index is 0.385. The van der Waals surface area contributed by atoms with Gasteiger partial charge in [0.1, 0.15) is 0 Å². The summed E-state index contributed by atoms with van der Waals surface area (Å²) in [5.74, 6) is -0.385. The largest absolute Gasteiger partial charge is 0.497 e. The molecule has 2 aromatic carbocycles. The minimum Gasteiger partial charge on any atom is -0.465 e. The Labute approximate surface area is 159 Å². The van der Waals surface area contributed by atoms with Crippen molar-refractivity contribution in [3.63, 3.8) is 0 Å². The fraction of sp³-hybridized carbons (Fsp3) is 0.350. The molecule has 0 spiro atoms. The molecule has 1 saturated heterocycles. The third-order valence-electron chi connectivity index (χ3n) is 5.01. The van der Waals surface area contributed by atoms with Crippen LogP contribution in [0, 0.1) is 0 Å². The maximum atomic E-state index is 11.5. The second-order valence-electron chi connectivity index (χ2n) is 7.39. The van der Waals surface area contributed by atoms with Crippen molar-refractivity contribution >= 4 is 29.9 Å². The number of esters is 1. The Morgan fingerprint density at radius 1 is 0.926 bits per heavy atom. The van der Waals surface area contributed by atoms with Crippen molar-refractivity contribution in [3.8, 4) is 0 Å². The maximum absolute atomic E-state index is 11.5. The molecule has 1 fully saturated rings. The number of benzene rings is 2. The lowest BCUT2D eigenvalue weighted by molar-refractivity contribution is 0.00578. The van der Waals surface area contributed by atoms with Crippen molar-refractivity contribution in [2.75, 3.05) is 7.11 Å². The highest BCUT2D eigenvalue weighted by molar-refractivity contribution is 6.63. The van der Waals surface area contributed by atoms with E-state index in [2.05, 4.69) is 10.2 Å². The Bertz CT molecular complexity index is 847. The standard InChI is InChI=1S/C20H23BN2O4/c1-19(2)20(3,4)27-21(26-19)16-8-6-7-9-17(16)23-22-15-12-10-14(11-13-15)18(24)25-5/h6-13H,1-5H3/b23-22+. The van der Waals surface area contributed by atoms with Crippen LogP contribution in [0.15, 0.2) is 58.8 Å². The van der Waals surface area contributed by atoms with E-state index in [0.29, 0.717) is 16.9 Å². The van der Waals surface area contributed by atoms with Crippen LogP contribution in [-0.4, -0.2) is 31.4 Å². The molecule has 0 aliphatic carbocycles. The number of rotatable bonds is 4. The molecule has 1 aliphatic heterocycles. The predicted molar refractivity (Wildman–Crippen MR) is 104 cm³/mol. The zero-order valence-corrected chi connectivity index (χ0v) is 16.2. The summed E-state index contributed by atoms with van der Waals surface area (Å²) in [5.41, 5.74) is 1.75. The quantitative estimate of drug-likeness (QED) is 0.462. The highest BCUT2D eigenvalue weighted by atomic mass is 16.7. The van der Waals surface area contributed by atoms with Crippen LogP contribution in [0.5, 0.6) is 0 Å². The molecule has 0 aromatic heterocycles. The number of hydrogen-bond donors (Lipinski definition) is 0. The first-order chi connectivity index (χ1) is 12.7. The smallest absolute Gasteiger partial charge is 0.465 e. The molecule has 6 nitrogen and oxygen atoms in total. The van der Waals surface area contributed by atoms with E-state index in [9.17, 15) is 4.79 Å². The normalized spacial score (nSPS) is 18.0. The molecule has 7 heteroatoms. The Hall–Kier alpha value is -2.51. The molecule has 0 amide bonds. The van der Waals surface area contributed by atoms with Crippen LogP contribution >= 0.6 is 0 Å². The summed E-state index contributed by atoms with van der Waals surface area (Å²) >= 11 is 0. The number of azo groups is 1. The molecule has 0 bridgehead atoms. The molecule has 1 aliphatic rings. The van der Waals surface area contributed by atoms with Gasteiger partial charge in [-0.25, -0.2) is 4.79 Å². The van der Waals surface area contributed by atoms with E-state index in [1.54, 1.807) is 24.3 Å². The Morgan fingerprint density at radius 3 is 2.11 bits per heavy atom. The second kappa shape index (κ2) is 7.25. The molecule has 0 radical (unpaired) electrons. The van der Waals surface area contributed by atoms with Gasteiger partial charge < -0.3 is 14.0 Å². The first-order valence-electron chi connectivity index (χ1n) is 8.78. The average Bonchev–Trinajstić information content (AvgIpc) is 2.87. The van der Waals surface area contributed by atoms with Gasteiger partial charge in [0.25, 0.3) is 0 Å². The highest BCUT2D eigenvalue weighted by Gasteiger charge is 2.52. The van der Waals surface area contributed by atoms with Crippen LogP contribution < -0.4 is 5.46 Å². The Morgan fingerprint density at radius 2 is 1.52 bits per heavy atom. The van der Waals surface area contributed by atoms with Gasteiger partial charge in [-0.3, -0.25) is 0 Å². The zero-order chi connectivity index (χ0) is 19.7. The lowest BCUT2D eigenvalue weighted by Gasteiger charge is -2.32. The van der Waals surface area contributed by atoms with Crippen molar-refractivity contribution < 1.29 is 18.8 Å². The SMILES string of the molecule is COC(=O)c1ccc(/N=N/c2ccccc2B2OC(C)(C)C(C)(C)O2)cc1. The van der Waals surface area contributed by atoms with E-state index in [1.807, 2.05) is 52.0 Å².